The summed E-state index contributed by atoms with van der Waals surface area (Å²) in [7, 11) is -0.457. The molecule has 5 heterocycles. The molecule has 0 radical (unpaired) electrons. The first-order valence-electron chi connectivity index (χ1n) is 19.6. The normalized spacial score (nSPS) is 19.1. The number of H-pyrrole nitrogens is 2. The van der Waals surface area contributed by atoms with Crippen LogP contribution in [0.15, 0.2) is 48.7 Å². The highest BCUT2D eigenvalue weighted by atomic mass is 32.1. The number of aromatic amines is 2. The molecule has 2 saturated heterocycles. The first-order valence-corrected chi connectivity index (χ1v) is 23.8. The van der Waals surface area contributed by atoms with Crippen molar-refractivity contribution in [3.05, 3.63) is 60.3 Å². The van der Waals surface area contributed by atoms with E-state index in [1.165, 1.54) is 7.11 Å². The van der Waals surface area contributed by atoms with Gasteiger partial charge in [-0.25, -0.2) is 14.8 Å². The molecule has 14 nitrogen and oxygen atoms in total. The number of fused-ring (bicyclic) bond motifs is 3. The summed E-state index contributed by atoms with van der Waals surface area (Å²) in [6.07, 6.45) is 3.48. The Morgan fingerprint density at radius 3 is 2.37 bits per heavy atom. The Hall–Kier alpha value is -5.06. The molecule has 302 valence electrons. The number of imidazole rings is 2. The van der Waals surface area contributed by atoms with Gasteiger partial charge >= 0.3 is 6.09 Å². The summed E-state index contributed by atoms with van der Waals surface area (Å²) in [5.41, 5.74) is 3.69. The number of hydrogen-bond donors (Lipinski definition) is 5. The number of hydrogen-bond acceptors (Lipinski definition) is 9. The van der Waals surface area contributed by atoms with Crippen molar-refractivity contribution < 1.29 is 29.0 Å². The molecule has 7 rings (SSSR count). The smallest absolute Gasteiger partial charge is 0.407 e. The Bertz CT molecular complexity index is 2320. The molecule has 2 aliphatic rings. The van der Waals surface area contributed by atoms with Gasteiger partial charge in [-0.1, -0.05) is 59.0 Å². The fourth-order valence-corrected chi connectivity index (χ4v) is 12.1. The lowest BCUT2D eigenvalue weighted by molar-refractivity contribution is -0.139. The second-order valence-corrected chi connectivity index (χ2v) is 22.8. The average Bonchev–Trinajstić information content (AvgIpc) is 4.03. The number of ether oxygens (including phenoxy) is 1. The Labute approximate surface area is 336 Å². The van der Waals surface area contributed by atoms with Crippen LogP contribution in [0.25, 0.3) is 42.8 Å². The first-order chi connectivity index (χ1) is 27.2. The van der Waals surface area contributed by atoms with Gasteiger partial charge in [-0.05, 0) is 65.9 Å². The summed E-state index contributed by atoms with van der Waals surface area (Å²) in [5.74, 6) is 0.356. The third kappa shape index (κ3) is 8.07. The van der Waals surface area contributed by atoms with E-state index in [1.807, 2.05) is 44.9 Å². The summed E-state index contributed by atoms with van der Waals surface area (Å²) < 4.78 is 4.81. The van der Waals surface area contributed by atoms with Crippen LogP contribution in [-0.4, -0.2) is 105 Å². The maximum Gasteiger partial charge on any atom is 0.407 e. The second-order valence-electron chi connectivity index (χ2n) is 16.7. The van der Waals surface area contributed by atoms with E-state index >= 15 is 0 Å². The van der Waals surface area contributed by atoms with E-state index in [4.69, 9.17) is 14.7 Å². The van der Waals surface area contributed by atoms with Crippen LogP contribution in [-0.2, 0) is 19.1 Å². The van der Waals surface area contributed by atoms with Crippen molar-refractivity contribution in [2.75, 3.05) is 26.4 Å². The van der Waals surface area contributed by atoms with Gasteiger partial charge in [-0.15, -0.1) is 11.3 Å². The summed E-state index contributed by atoms with van der Waals surface area (Å²) in [4.78, 5) is 74.3. The van der Waals surface area contributed by atoms with E-state index < -0.39 is 38.8 Å². The zero-order valence-electron chi connectivity index (χ0n) is 33.5. The number of nitrogens with zero attached hydrogens (tertiary/aromatic N) is 4. The highest BCUT2D eigenvalue weighted by Gasteiger charge is 2.46. The van der Waals surface area contributed by atoms with Gasteiger partial charge in [0.1, 0.15) is 30.3 Å². The Morgan fingerprint density at radius 1 is 0.930 bits per heavy atom. The molecular formula is C41H52N8O6SSi. The highest BCUT2D eigenvalue weighted by molar-refractivity contribution is 7.18. The van der Waals surface area contributed by atoms with Crippen LogP contribution in [0.5, 0.6) is 0 Å². The molecule has 16 heteroatoms. The second kappa shape index (κ2) is 16.1. The lowest BCUT2D eigenvalue weighted by Crippen LogP contribution is -2.52. The molecule has 0 spiro atoms. The van der Waals surface area contributed by atoms with Gasteiger partial charge in [0.05, 0.1) is 55.1 Å². The summed E-state index contributed by atoms with van der Waals surface area (Å²) in [6, 6.07) is 13.7. The molecule has 3 unspecified atom stereocenters. The minimum absolute atomic E-state index is 0.114. The molecule has 0 saturated carbocycles. The quantitative estimate of drug-likeness (QED) is 0.0985. The number of aliphatic hydroxyl groups excluding tert-OH is 1. The maximum atomic E-state index is 13.9. The number of carbonyl (C=O) groups is 4. The van der Waals surface area contributed by atoms with Crippen molar-refractivity contribution >= 4 is 65.0 Å². The molecule has 0 aliphatic carbocycles. The SMILES string of the molecule is COC(=O)NC(C(=O)N1C[Si](C)(C)CC1c1ncc(-c2ccc(-c3ccc4c(ccc5nc([C@@H]6CCCN6C(=O)C(NC(=O)CO)C(C)C)[nH]c54)c3)s2)[nH]1)C(C)C. The van der Waals surface area contributed by atoms with Crippen molar-refractivity contribution in [1.82, 2.24) is 40.4 Å². The summed E-state index contributed by atoms with van der Waals surface area (Å²) in [5, 5.41) is 16.8. The molecule has 2 aliphatic heterocycles. The zero-order chi connectivity index (χ0) is 40.8. The van der Waals surface area contributed by atoms with Crippen LogP contribution in [0, 0.1) is 11.8 Å². The van der Waals surface area contributed by atoms with Crippen LogP contribution in [0.3, 0.4) is 0 Å². The average molecular weight is 813 g/mol. The molecule has 2 fully saturated rings. The van der Waals surface area contributed by atoms with Crippen molar-refractivity contribution in [2.24, 2.45) is 11.8 Å². The number of rotatable bonds is 11. The van der Waals surface area contributed by atoms with E-state index in [2.05, 4.69) is 70.1 Å². The number of alkyl carbamates (subject to hydrolysis) is 1. The number of carbonyl (C=O) groups excluding carboxylic acids is 4. The minimum atomic E-state index is -1.76. The largest absolute Gasteiger partial charge is 0.453 e. The number of methoxy groups -OCH3 is 1. The summed E-state index contributed by atoms with van der Waals surface area (Å²) in [6.45, 7) is 12.1. The predicted octanol–water partition coefficient (Wildman–Crippen LogP) is 6.14. The number of amides is 4. The topological polar surface area (TPSA) is 186 Å². The monoisotopic (exact) mass is 812 g/mol. The number of benzene rings is 2. The molecule has 4 atom stereocenters. The van der Waals surface area contributed by atoms with Crippen LogP contribution < -0.4 is 10.6 Å². The van der Waals surface area contributed by atoms with Crippen LogP contribution >= 0.6 is 11.3 Å². The molecule has 2 aromatic carbocycles. The van der Waals surface area contributed by atoms with Gasteiger partial charge in [0.25, 0.3) is 0 Å². The molecular weight excluding hydrogens is 761 g/mol. The lowest BCUT2D eigenvalue weighted by Gasteiger charge is -2.30. The van der Waals surface area contributed by atoms with Gasteiger partial charge < -0.3 is 40.2 Å². The first kappa shape index (κ1) is 40.1. The van der Waals surface area contributed by atoms with Crippen molar-refractivity contribution in [3.63, 3.8) is 0 Å². The van der Waals surface area contributed by atoms with E-state index in [0.717, 1.165) is 73.4 Å². The van der Waals surface area contributed by atoms with Gasteiger partial charge in [0.2, 0.25) is 17.7 Å². The van der Waals surface area contributed by atoms with E-state index in [-0.39, 0.29) is 35.7 Å². The predicted molar refractivity (Wildman–Crippen MR) is 223 cm³/mol. The molecule has 3 aromatic heterocycles. The molecule has 5 N–H and O–H groups in total. The number of nitrogens with one attached hydrogen (secondary N) is 4. The lowest BCUT2D eigenvalue weighted by atomic mass is 10.0. The number of aliphatic hydroxyl groups is 1. The van der Waals surface area contributed by atoms with E-state index in [9.17, 15) is 24.3 Å². The Morgan fingerprint density at radius 2 is 1.65 bits per heavy atom. The molecule has 5 aromatic rings. The van der Waals surface area contributed by atoms with Gasteiger partial charge in [-0.3, -0.25) is 14.4 Å². The van der Waals surface area contributed by atoms with Crippen molar-refractivity contribution in [1.29, 1.82) is 0 Å². The molecule has 0 bridgehead atoms. The molecule has 4 amide bonds. The number of aromatic nitrogens is 4. The highest BCUT2D eigenvalue weighted by Crippen LogP contribution is 2.41. The van der Waals surface area contributed by atoms with Crippen molar-refractivity contribution in [2.45, 2.75) is 83.8 Å². The van der Waals surface area contributed by atoms with E-state index in [1.54, 1.807) is 16.2 Å². The fraction of sp³-hybridized carbons (Fsp3) is 0.463. The van der Waals surface area contributed by atoms with Crippen LogP contribution in [0.4, 0.5) is 4.79 Å². The van der Waals surface area contributed by atoms with Crippen molar-refractivity contribution in [3.8, 4) is 21.0 Å². The standard InChI is InChI=1S/C41H52N8O6SSi/c1-22(2)34(45-33(51)19-50)39(52)48-16-8-9-29(48)38-43-27-13-11-24-17-25(10-12-26(24)36(27)46-38)31-14-15-32(56-31)28-18-42-37(44-28)30-20-57(6,7)21-49(30)40(53)35(23(3)4)47-41(54)55-5/h10-15,17-18,22-23,29-30,34-35,50H,8-9,16,19-21H2,1-7H3,(H,42,44)(H,43,46)(H,45,51)(H,47,54)/t29-,30?,34?,35?/m0/s1. The molecule has 57 heavy (non-hydrogen) atoms. The summed E-state index contributed by atoms with van der Waals surface area (Å²) >= 11 is 1.66. The third-order valence-electron chi connectivity index (χ3n) is 11.2. The maximum absolute atomic E-state index is 13.9. The Kier molecular flexibility index (Phi) is 11.3. The third-order valence-corrected chi connectivity index (χ3v) is 15.1. The zero-order valence-corrected chi connectivity index (χ0v) is 35.3. The number of likely N-dealkylation sites (tertiary alicyclic amines) is 1. The Balaban J connectivity index is 1.10. The van der Waals surface area contributed by atoms with E-state index in [0.29, 0.717) is 12.7 Å². The minimum Gasteiger partial charge on any atom is -0.453 e. The number of thiophene rings is 1. The fourth-order valence-electron chi connectivity index (χ4n) is 8.26. The van der Waals surface area contributed by atoms with Crippen LogP contribution in [0.2, 0.25) is 19.1 Å². The van der Waals surface area contributed by atoms with Gasteiger partial charge in [0.15, 0.2) is 0 Å². The van der Waals surface area contributed by atoms with Gasteiger partial charge in [0, 0.05) is 23.0 Å². The van der Waals surface area contributed by atoms with Gasteiger partial charge in [-0.2, -0.15) is 0 Å². The van der Waals surface area contributed by atoms with Crippen LogP contribution in [0.1, 0.15) is 64.3 Å².